The van der Waals surface area contributed by atoms with Crippen LogP contribution in [0.1, 0.15) is 48.5 Å². The number of phenolic OH excluding ortho intramolecular Hbond substituents is 1. The number of ketones is 3. The molecule has 1 heterocycles. The first kappa shape index (κ1) is 25.7. The van der Waals surface area contributed by atoms with Crippen LogP contribution in [0.15, 0.2) is 76.9 Å². The van der Waals surface area contributed by atoms with Gasteiger partial charge in [-0.05, 0) is 69.0 Å². The Labute approximate surface area is 230 Å². The van der Waals surface area contributed by atoms with Gasteiger partial charge in [-0.15, -0.1) is 0 Å². The van der Waals surface area contributed by atoms with E-state index >= 15 is 0 Å². The van der Waals surface area contributed by atoms with Crippen LogP contribution in [0.25, 0.3) is 0 Å². The highest BCUT2D eigenvalue weighted by Gasteiger charge is 2.56. The van der Waals surface area contributed by atoms with Crippen LogP contribution in [0.3, 0.4) is 0 Å². The number of aromatic hydroxyl groups is 1. The highest BCUT2D eigenvalue weighted by atomic mass is 16.5. The highest BCUT2D eigenvalue weighted by Crippen LogP contribution is 2.56. The quantitative estimate of drug-likeness (QED) is 0.268. The number of imide groups is 1. The van der Waals surface area contributed by atoms with Crippen LogP contribution in [0, 0.1) is 17.8 Å². The van der Waals surface area contributed by atoms with Crippen LogP contribution >= 0.6 is 0 Å². The van der Waals surface area contributed by atoms with Gasteiger partial charge >= 0.3 is 0 Å². The first-order chi connectivity index (χ1) is 19.1. The van der Waals surface area contributed by atoms with Gasteiger partial charge in [0.15, 0.2) is 17.3 Å². The minimum absolute atomic E-state index is 0.0904. The van der Waals surface area contributed by atoms with E-state index in [0.29, 0.717) is 39.3 Å². The molecule has 4 aliphatic rings. The molecular formula is C32H27NO7. The van der Waals surface area contributed by atoms with Crippen LogP contribution in [0.2, 0.25) is 0 Å². The maximum atomic E-state index is 14.0. The fourth-order valence-corrected chi connectivity index (χ4v) is 6.73. The van der Waals surface area contributed by atoms with E-state index in [0.717, 1.165) is 5.57 Å². The number of amides is 2. The third-order valence-electron chi connectivity index (χ3n) is 8.64. The normalized spacial score (nSPS) is 25.7. The lowest BCUT2D eigenvalue weighted by Crippen LogP contribution is -2.39. The fourth-order valence-electron chi connectivity index (χ4n) is 6.73. The Morgan fingerprint density at radius 1 is 1.00 bits per heavy atom. The van der Waals surface area contributed by atoms with Gasteiger partial charge in [-0.2, -0.15) is 0 Å². The third-order valence-corrected chi connectivity index (χ3v) is 8.64. The summed E-state index contributed by atoms with van der Waals surface area (Å²) in [6.07, 6.45) is 3.68. The summed E-state index contributed by atoms with van der Waals surface area (Å²) in [7, 11) is 1.48. The number of ether oxygens (including phenoxy) is 1. The van der Waals surface area contributed by atoms with Gasteiger partial charge in [0, 0.05) is 39.8 Å². The summed E-state index contributed by atoms with van der Waals surface area (Å²) < 4.78 is 5.24. The molecule has 2 aromatic rings. The molecule has 2 aromatic carbocycles. The largest absolute Gasteiger partial charge is 0.507 e. The summed E-state index contributed by atoms with van der Waals surface area (Å²) in [5, 5.41) is 11.0. The number of rotatable bonds is 4. The topological polar surface area (TPSA) is 118 Å². The predicted molar refractivity (Wildman–Crippen MR) is 145 cm³/mol. The van der Waals surface area contributed by atoms with Gasteiger partial charge in [-0.25, -0.2) is 0 Å². The molecule has 0 radical (unpaired) electrons. The molecule has 1 aliphatic heterocycles. The van der Waals surface area contributed by atoms with Crippen molar-refractivity contribution < 1.29 is 33.8 Å². The number of hydrogen-bond acceptors (Lipinski definition) is 7. The second-order valence-corrected chi connectivity index (χ2v) is 10.8. The number of methoxy groups -OCH3 is 1. The number of phenols is 1. The average Bonchev–Trinajstić information content (AvgIpc) is 3.20. The molecule has 4 atom stereocenters. The van der Waals surface area contributed by atoms with Crippen molar-refractivity contribution in [3.8, 4) is 11.5 Å². The van der Waals surface area contributed by atoms with Gasteiger partial charge in [0.1, 0.15) is 11.5 Å². The molecule has 0 aromatic heterocycles. The van der Waals surface area contributed by atoms with Crippen molar-refractivity contribution in [2.75, 3.05) is 12.0 Å². The number of Topliss-reactive ketones (excluding diaryl/α,β-unsaturated/α-hetero) is 2. The highest BCUT2D eigenvalue weighted by molar-refractivity contribution is 6.25. The number of hydrogen-bond donors (Lipinski definition) is 1. The Kier molecular flexibility index (Phi) is 5.94. The Morgan fingerprint density at radius 2 is 1.73 bits per heavy atom. The lowest BCUT2D eigenvalue weighted by Gasteiger charge is -2.42. The van der Waals surface area contributed by atoms with Gasteiger partial charge < -0.3 is 9.84 Å². The average molecular weight is 538 g/mol. The zero-order valence-electron chi connectivity index (χ0n) is 22.3. The number of benzene rings is 2. The van der Waals surface area contributed by atoms with E-state index in [4.69, 9.17) is 4.74 Å². The van der Waals surface area contributed by atoms with Crippen molar-refractivity contribution >= 4 is 34.9 Å². The van der Waals surface area contributed by atoms with Crippen LogP contribution in [-0.2, 0) is 19.2 Å². The number of carbonyl (C=O) groups excluding carboxylic acids is 5. The molecule has 1 fully saturated rings. The predicted octanol–water partition coefficient (Wildman–Crippen LogP) is 4.24. The molecule has 0 bridgehead atoms. The van der Waals surface area contributed by atoms with Gasteiger partial charge in [0.05, 0.1) is 24.6 Å². The number of fused-ring (bicyclic) bond motifs is 3. The molecule has 2 amide bonds. The zero-order chi connectivity index (χ0) is 28.5. The van der Waals surface area contributed by atoms with Crippen LogP contribution in [0.4, 0.5) is 5.69 Å². The number of anilines is 1. The summed E-state index contributed by atoms with van der Waals surface area (Å²) in [4.78, 5) is 67.2. The smallest absolute Gasteiger partial charge is 0.238 e. The molecule has 8 nitrogen and oxygen atoms in total. The SMILES string of the molecule is COc1ccc([C@H]2C3=CC[C@@H]4C(=O)N(c5ccc(C(C)=O)cc5)C(=O)[C@@H]4[C@@H]3CC3=C2C(=O)C=C(C)C3=O)c(O)c1. The summed E-state index contributed by atoms with van der Waals surface area (Å²) in [5.74, 6) is -3.63. The van der Waals surface area contributed by atoms with E-state index in [-0.39, 0.29) is 47.8 Å². The van der Waals surface area contributed by atoms with E-state index in [1.54, 1.807) is 43.3 Å². The zero-order valence-corrected chi connectivity index (χ0v) is 22.3. The standard InChI is InChI=1S/C32H27NO7/c1-15-12-26(36)29-24(30(15)37)14-23-20(27(29)21-9-8-19(40-3)13-25(21)35)10-11-22-28(23)32(39)33(31(22)38)18-6-4-17(5-7-18)16(2)34/h4-10,12-13,22-23,27-28,35H,11,14H2,1-3H3/t22-,23+,27+,28-/m0/s1. The van der Waals surface area contributed by atoms with Gasteiger partial charge in [0.2, 0.25) is 11.8 Å². The molecule has 1 saturated heterocycles. The van der Waals surface area contributed by atoms with Crippen molar-refractivity contribution in [2.45, 2.75) is 32.6 Å². The van der Waals surface area contributed by atoms with E-state index in [9.17, 15) is 29.1 Å². The molecule has 0 saturated carbocycles. The molecule has 1 N–H and O–H groups in total. The molecule has 0 spiro atoms. The lowest BCUT2D eigenvalue weighted by atomic mass is 9.59. The molecule has 202 valence electrons. The number of allylic oxidation sites excluding steroid dienone is 6. The van der Waals surface area contributed by atoms with Gasteiger partial charge in [0.25, 0.3) is 0 Å². The maximum Gasteiger partial charge on any atom is 0.238 e. The Bertz CT molecular complexity index is 1620. The first-order valence-corrected chi connectivity index (χ1v) is 13.2. The van der Waals surface area contributed by atoms with Crippen molar-refractivity contribution in [2.24, 2.45) is 17.8 Å². The molecule has 0 unspecified atom stereocenters. The summed E-state index contributed by atoms with van der Waals surface area (Å²) in [6, 6.07) is 11.2. The fraction of sp³-hybridized carbons (Fsp3) is 0.281. The third kappa shape index (κ3) is 3.70. The molecule has 3 aliphatic carbocycles. The van der Waals surface area contributed by atoms with E-state index in [2.05, 4.69) is 0 Å². The summed E-state index contributed by atoms with van der Waals surface area (Å²) in [5.41, 5.74) is 3.01. The van der Waals surface area contributed by atoms with E-state index in [1.165, 1.54) is 31.1 Å². The second-order valence-electron chi connectivity index (χ2n) is 10.8. The Hall–Kier alpha value is -4.59. The van der Waals surface area contributed by atoms with Gasteiger partial charge in [-0.1, -0.05) is 17.7 Å². The van der Waals surface area contributed by atoms with Crippen LogP contribution in [-0.4, -0.2) is 41.4 Å². The second kappa shape index (κ2) is 9.26. The molecular weight excluding hydrogens is 510 g/mol. The van der Waals surface area contributed by atoms with Crippen LogP contribution < -0.4 is 9.64 Å². The molecule has 40 heavy (non-hydrogen) atoms. The van der Waals surface area contributed by atoms with Crippen molar-refractivity contribution in [1.29, 1.82) is 0 Å². The van der Waals surface area contributed by atoms with Crippen molar-refractivity contribution in [3.63, 3.8) is 0 Å². The monoisotopic (exact) mass is 537 g/mol. The lowest BCUT2D eigenvalue weighted by molar-refractivity contribution is -0.123. The number of nitrogens with zero attached hydrogens (tertiary/aromatic N) is 1. The van der Waals surface area contributed by atoms with Crippen molar-refractivity contribution in [3.05, 3.63) is 88.0 Å². The maximum absolute atomic E-state index is 14.0. The minimum Gasteiger partial charge on any atom is -0.507 e. The Balaban J connectivity index is 1.46. The van der Waals surface area contributed by atoms with Crippen molar-refractivity contribution in [1.82, 2.24) is 0 Å². The number of carbonyl (C=O) groups is 5. The van der Waals surface area contributed by atoms with E-state index in [1.807, 2.05) is 6.08 Å². The van der Waals surface area contributed by atoms with Crippen LogP contribution in [0.5, 0.6) is 11.5 Å². The molecule has 6 rings (SSSR count). The summed E-state index contributed by atoms with van der Waals surface area (Å²) in [6.45, 7) is 3.04. The minimum atomic E-state index is -0.742. The summed E-state index contributed by atoms with van der Waals surface area (Å²) >= 11 is 0. The van der Waals surface area contributed by atoms with Gasteiger partial charge in [-0.3, -0.25) is 28.9 Å². The Morgan fingerprint density at radius 3 is 2.38 bits per heavy atom. The van der Waals surface area contributed by atoms with E-state index < -0.39 is 23.7 Å². The first-order valence-electron chi connectivity index (χ1n) is 13.2. The molecule has 8 heteroatoms.